The van der Waals surface area contributed by atoms with Crippen molar-refractivity contribution >= 4 is 11.4 Å². The molecule has 24 heavy (non-hydrogen) atoms. The van der Waals surface area contributed by atoms with E-state index in [1.165, 1.54) is 22.3 Å². The Morgan fingerprint density at radius 3 is 1.21 bits per heavy atom. The molecule has 2 nitrogen and oxygen atoms in total. The Morgan fingerprint density at radius 1 is 0.625 bits per heavy atom. The second kappa shape index (κ2) is 8.05. The molecule has 0 heterocycles. The predicted octanol–water partition coefficient (Wildman–Crippen LogP) is 6.05. The lowest BCUT2D eigenvalue weighted by molar-refractivity contribution is 0.812. The highest BCUT2D eigenvalue weighted by molar-refractivity contribution is 6.40. The molecule has 2 rings (SSSR count). The smallest absolute Gasteiger partial charge is 0.0724 e. The van der Waals surface area contributed by atoms with Gasteiger partial charge in [-0.1, -0.05) is 59.7 Å². The predicted molar refractivity (Wildman–Crippen MR) is 105 cm³/mol. The van der Waals surface area contributed by atoms with Gasteiger partial charge in [-0.25, -0.2) is 0 Å². The second-order valence-corrected chi connectivity index (χ2v) is 6.60. The van der Waals surface area contributed by atoms with Gasteiger partial charge in [-0.2, -0.15) is 0 Å². The van der Waals surface area contributed by atoms with Gasteiger partial charge in [0.25, 0.3) is 0 Å². The molecule has 2 heteroatoms. The SMILES string of the molecule is CC(=N[C@@H](C)c1ccc(C)cc1)C(C)=N[C@@H](C)c1ccc(C)cc1. The van der Waals surface area contributed by atoms with Crippen LogP contribution in [-0.4, -0.2) is 11.4 Å². The van der Waals surface area contributed by atoms with Crippen LogP contribution in [0.3, 0.4) is 0 Å². The first-order chi connectivity index (χ1) is 11.4. The third-order valence-corrected chi connectivity index (χ3v) is 4.42. The lowest BCUT2D eigenvalue weighted by Gasteiger charge is -2.12. The maximum Gasteiger partial charge on any atom is 0.0724 e. The van der Waals surface area contributed by atoms with E-state index in [2.05, 4.69) is 76.2 Å². The molecule has 0 aliphatic rings. The van der Waals surface area contributed by atoms with Gasteiger partial charge in [-0.3, -0.25) is 9.98 Å². The van der Waals surface area contributed by atoms with Gasteiger partial charge in [0, 0.05) is 0 Å². The molecule has 0 bridgehead atoms. The first kappa shape index (κ1) is 18.1. The van der Waals surface area contributed by atoms with Crippen LogP contribution in [0.15, 0.2) is 58.5 Å². The summed E-state index contributed by atoms with van der Waals surface area (Å²) in [6.07, 6.45) is 0. The molecule has 0 aromatic heterocycles. The van der Waals surface area contributed by atoms with Crippen molar-refractivity contribution in [2.24, 2.45) is 9.98 Å². The summed E-state index contributed by atoms with van der Waals surface area (Å²) in [6.45, 7) is 12.6. The molecular formula is C22H28N2. The van der Waals surface area contributed by atoms with Gasteiger partial charge in [0.2, 0.25) is 0 Å². The fraction of sp³-hybridized carbons (Fsp3) is 0.364. The Balaban J connectivity index is 2.13. The van der Waals surface area contributed by atoms with E-state index in [1.54, 1.807) is 0 Å². The van der Waals surface area contributed by atoms with Crippen LogP contribution in [0.5, 0.6) is 0 Å². The molecule has 0 saturated heterocycles. The van der Waals surface area contributed by atoms with Gasteiger partial charge in [0.15, 0.2) is 0 Å². The molecule has 2 aromatic carbocycles. The third kappa shape index (κ3) is 4.89. The number of aryl methyl sites for hydroxylation is 2. The van der Waals surface area contributed by atoms with Crippen LogP contribution in [0.2, 0.25) is 0 Å². The highest BCUT2D eigenvalue weighted by Crippen LogP contribution is 2.20. The summed E-state index contributed by atoms with van der Waals surface area (Å²) in [5.74, 6) is 0. The van der Waals surface area contributed by atoms with Gasteiger partial charge in [-0.05, 0) is 52.7 Å². The van der Waals surface area contributed by atoms with E-state index in [-0.39, 0.29) is 12.1 Å². The van der Waals surface area contributed by atoms with Crippen molar-refractivity contribution in [2.75, 3.05) is 0 Å². The van der Waals surface area contributed by atoms with E-state index in [0.717, 1.165) is 11.4 Å². The molecule has 0 spiro atoms. The molecule has 2 atom stereocenters. The minimum atomic E-state index is 0.144. The van der Waals surface area contributed by atoms with Crippen LogP contribution in [0.4, 0.5) is 0 Å². The maximum absolute atomic E-state index is 4.82. The first-order valence-corrected chi connectivity index (χ1v) is 8.59. The minimum absolute atomic E-state index is 0.144. The van der Waals surface area contributed by atoms with Crippen molar-refractivity contribution < 1.29 is 0 Å². The van der Waals surface area contributed by atoms with Crippen LogP contribution < -0.4 is 0 Å². The summed E-state index contributed by atoms with van der Waals surface area (Å²) in [6, 6.07) is 17.4. The lowest BCUT2D eigenvalue weighted by Crippen LogP contribution is -2.09. The Bertz CT molecular complexity index is 656. The number of hydrogen-bond donors (Lipinski definition) is 0. The summed E-state index contributed by atoms with van der Waals surface area (Å²) in [5, 5.41) is 0. The van der Waals surface area contributed by atoms with Crippen molar-refractivity contribution in [2.45, 2.75) is 53.6 Å². The topological polar surface area (TPSA) is 24.7 Å². The van der Waals surface area contributed by atoms with Crippen LogP contribution in [0.1, 0.15) is 62.0 Å². The van der Waals surface area contributed by atoms with Crippen LogP contribution in [0.25, 0.3) is 0 Å². The van der Waals surface area contributed by atoms with Crippen LogP contribution in [-0.2, 0) is 0 Å². The van der Waals surface area contributed by atoms with Gasteiger partial charge >= 0.3 is 0 Å². The third-order valence-electron chi connectivity index (χ3n) is 4.42. The Labute approximate surface area is 146 Å². The van der Waals surface area contributed by atoms with Crippen LogP contribution >= 0.6 is 0 Å². The molecule has 0 unspecified atom stereocenters. The molecule has 0 aliphatic heterocycles. The van der Waals surface area contributed by atoms with Gasteiger partial charge in [0.1, 0.15) is 0 Å². The molecule has 0 N–H and O–H groups in total. The molecule has 0 amide bonds. The van der Waals surface area contributed by atoms with Crippen molar-refractivity contribution in [1.82, 2.24) is 0 Å². The molecule has 0 saturated carbocycles. The van der Waals surface area contributed by atoms with E-state index < -0.39 is 0 Å². The van der Waals surface area contributed by atoms with Crippen molar-refractivity contribution in [3.05, 3.63) is 70.8 Å². The normalized spacial score (nSPS) is 15.2. The molecule has 0 aliphatic carbocycles. The number of rotatable bonds is 5. The van der Waals surface area contributed by atoms with Crippen molar-refractivity contribution in [3.8, 4) is 0 Å². The standard InChI is InChI=1S/C22H28N2/c1-15-7-11-21(12-8-15)19(5)23-17(3)18(4)24-20(6)22-13-9-16(2)10-14-22/h7-14,19-20H,1-6H3/t19-,20-/m0/s1. The highest BCUT2D eigenvalue weighted by Gasteiger charge is 2.08. The van der Waals surface area contributed by atoms with Gasteiger partial charge in [-0.15, -0.1) is 0 Å². The Morgan fingerprint density at radius 2 is 0.917 bits per heavy atom. The second-order valence-electron chi connectivity index (χ2n) is 6.60. The van der Waals surface area contributed by atoms with E-state index in [9.17, 15) is 0 Å². The van der Waals surface area contributed by atoms with E-state index in [1.807, 2.05) is 13.8 Å². The average molecular weight is 320 g/mol. The zero-order chi connectivity index (χ0) is 17.7. The zero-order valence-corrected chi connectivity index (χ0v) is 15.7. The summed E-state index contributed by atoms with van der Waals surface area (Å²) in [4.78, 5) is 9.65. The molecule has 2 aromatic rings. The Kier molecular flexibility index (Phi) is 6.08. The number of nitrogens with zero attached hydrogens (tertiary/aromatic N) is 2. The summed E-state index contributed by atoms with van der Waals surface area (Å²) in [5.41, 5.74) is 7.02. The fourth-order valence-electron chi connectivity index (χ4n) is 2.61. The summed E-state index contributed by atoms with van der Waals surface area (Å²) in [7, 11) is 0. The quantitative estimate of drug-likeness (QED) is 0.599. The fourth-order valence-corrected chi connectivity index (χ4v) is 2.61. The number of benzene rings is 2. The van der Waals surface area contributed by atoms with Gasteiger partial charge in [0.05, 0.1) is 23.5 Å². The van der Waals surface area contributed by atoms with Gasteiger partial charge < -0.3 is 0 Å². The maximum atomic E-state index is 4.82. The minimum Gasteiger partial charge on any atom is -0.280 e. The highest BCUT2D eigenvalue weighted by atomic mass is 14.8. The zero-order valence-electron chi connectivity index (χ0n) is 15.7. The number of aliphatic imine (C=N–C) groups is 2. The Hall–Kier alpha value is -2.22. The van der Waals surface area contributed by atoms with Crippen molar-refractivity contribution in [1.29, 1.82) is 0 Å². The van der Waals surface area contributed by atoms with E-state index >= 15 is 0 Å². The summed E-state index contributed by atoms with van der Waals surface area (Å²) < 4.78 is 0. The van der Waals surface area contributed by atoms with E-state index in [0.29, 0.717) is 0 Å². The monoisotopic (exact) mass is 320 g/mol. The van der Waals surface area contributed by atoms with Crippen LogP contribution in [0, 0.1) is 13.8 Å². The summed E-state index contributed by atoms with van der Waals surface area (Å²) >= 11 is 0. The molecule has 126 valence electrons. The average Bonchev–Trinajstić information content (AvgIpc) is 2.55. The molecule has 0 fully saturated rings. The van der Waals surface area contributed by atoms with Crippen molar-refractivity contribution in [3.63, 3.8) is 0 Å². The van der Waals surface area contributed by atoms with E-state index in [4.69, 9.17) is 9.98 Å². The lowest BCUT2D eigenvalue weighted by atomic mass is 10.1. The molecular weight excluding hydrogens is 292 g/mol. The molecule has 0 radical (unpaired) electrons. The number of hydrogen-bond acceptors (Lipinski definition) is 2. The first-order valence-electron chi connectivity index (χ1n) is 8.59. The largest absolute Gasteiger partial charge is 0.280 e.